The number of fused-ring (bicyclic) bond motifs is 1. The van der Waals surface area contributed by atoms with Crippen LogP contribution in [0.2, 0.25) is 0 Å². The highest BCUT2D eigenvalue weighted by atomic mass is 16.5. The zero-order valence-electron chi connectivity index (χ0n) is 22.0. The molecule has 36 heavy (non-hydrogen) atoms. The van der Waals surface area contributed by atoms with Crippen molar-refractivity contribution < 1.29 is 23.8 Å². The van der Waals surface area contributed by atoms with Crippen LogP contribution in [0.1, 0.15) is 29.8 Å². The van der Waals surface area contributed by atoms with Gasteiger partial charge in [-0.3, -0.25) is 14.5 Å². The van der Waals surface area contributed by atoms with E-state index in [0.717, 1.165) is 19.5 Å². The highest BCUT2D eigenvalue weighted by molar-refractivity contribution is 5.99. The van der Waals surface area contributed by atoms with Crippen molar-refractivity contribution in [2.24, 2.45) is 5.92 Å². The molecule has 0 aliphatic carbocycles. The quantitative estimate of drug-likeness (QED) is 0.632. The minimum Gasteiger partial charge on any atom is -0.491 e. The van der Waals surface area contributed by atoms with E-state index in [1.54, 1.807) is 37.3 Å². The first-order valence-corrected chi connectivity index (χ1v) is 12.4. The van der Waals surface area contributed by atoms with Gasteiger partial charge < -0.3 is 24.4 Å². The van der Waals surface area contributed by atoms with Gasteiger partial charge in [0.1, 0.15) is 19.0 Å². The number of likely N-dealkylation sites (N-methyl/N-ethyl adjacent to an activating group) is 1. The van der Waals surface area contributed by atoms with Crippen LogP contribution in [-0.2, 0) is 20.7 Å². The van der Waals surface area contributed by atoms with E-state index >= 15 is 0 Å². The first kappa shape index (κ1) is 27.6. The van der Waals surface area contributed by atoms with E-state index in [2.05, 4.69) is 48.3 Å². The van der Waals surface area contributed by atoms with Gasteiger partial charge in [0.05, 0.1) is 11.7 Å². The number of benzene rings is 2. The van der Waals surface area contributed by atoms with Crippen molar-refractivity contribution in [2.45, 2.75) is 32.4 Å². The Kier molecular flexibility index (Phi) is 10.3. The lowest BCUT2D eigenvalue weighted by Crippen LogP contribution is -2.47. The topological polar surface area (TPSA) is 80.3 Å². The Hall–Kier alpha value is -2.94. The first-order valence-electron chi connectivity index (χ1n) is 12.4. The molecule has 2 aromatic carbocycles. The van der Waals surface area contributed by atoms with Gasteiger partial charge >= 0.3 is 0 Å². The molecule has 8 nitrogen and oxygen atoms in total. The number of nitrogens with zero attached hydrogens (tertiary/aromatic N) is 2. The maximum Gasteiger partial charge on any atom is 0.257 e. The number of nitrogens with one attached hydrogen (secondary N) is 1. The number of rotatable bonds is 7. The monoisotopic (exact) mass is 497 g/mol. The standard InChI is InChI=1S/C28H39N3O5/c1-20-16-31(14-13-22-9-7-6-8-10-22)21(2)18-36-25-12-11-23(29-27(32)19-34-4)15-24(25)28(33)30(3)17-26(20)35-5/h6-12,15,20-21,26H,13-14,16-19H2,1-5H3,(H,29,32)/t20-,21-,26-/m1/s1. The van der Waals surface area contributed by atoms with Gasteiger partial charge in [-0.05, 0) is 43.0 Å². The summed E-state index contributed by atoms with van der Waals surface area (Å²) in [4.78, 5) is 29.5. The highest BCUT2D eigenvalue weighted by Gasteiger charge is 2.28. The SMILES string of the molecule is COCC(=O)Nc1ccc2c(c1)C(=O)N(C)C[C@@H](OC)[C@H](C)CN(CCc1ccccc1)[C@H](C)CO2. The largest absolute Gasteiger partial charge is 0.491 e. The predicted octanol–water partition coefficient (Wildman–Crippen LogP) is 3.32. The van der Waals surface area contributed by atoms with Crippen LogP contribution >= 0.6 is 0 Å². The number of amides is 2. The summed E-state index contributed by atoms with van der Waals surface area (Å²) in [5.74, 6) is 0.218. The molecule has 0 radical (unpaired) electrons. The van der Waals surface area contributed by atoms with E-state index in [4.69, 9.17) is 14.2 Å². The molecule has 0 fully saturated rings. The van der Waals surface area contributed by atoms with Crippen LogP contribution in [0.3, 0.4) is 0 Å². The number of methoxy groups -OCH3 is 2. The number of carbonyl (C=O) groups is 2. The van der Waals surface area contributed by atoms with Crippen LogP contribution in [-0.4, -0.2) is 87.9 Å². The molecule has 0 saturated heterocycles. The molecule has 3 atom stereocenters. The maximum atomic E-state index is 13.4. The highest BCUT2D eigenvalue weighted by Crippen LogP contribution is 2.26. The van der Waals surface area contributed by atoms with Gasteiger partial charge in [0, 0.05) is 52.6 Å². The number of ether oxygens (including phenoxy) is 3. The summed E-state index contributed by atoms with van der Waals surface area (Å²) in [7, 11) is 4.92. The smallest absolute Gasteiger partial charge is 0.257 e. The molecule has 0 spiro atoms. The molecule has 2 amide bonds. The zero-order chi connectivity index (χ0) is 26.1. The summed E-state index contributed by atoms with van der Waals surface area (Å²) >= 11 is 0. The second kappa shape index (κ2) is 13.4. The molecular weight excluding hydrogens is 458 g/mol. The Morgan fingerprint density at radius 1 is 1.11 bits per heavy atom. The summed E-state index contributed by atoms with van der Waals surface area (Å²) in [6, 6.07) is 15.7. The molecule has 0 bridgehead atoms. The fraction of sp³-hybridized carbons (Fsp3) is 0.500. The molecule has 1 N–H and O–H groups in total. The van der Waals surface area contributed by atoms with Crippen LogP contribution in [0, 0.1) is 5.92 Å². The fourth-order valence-corrected chi connectivity index (χ4v) is 4.49. The Labute approximate surface area is 214 Å². The van der Waals surface area contributed by atoms with Crippen molar-refractivity contribution in [3.8, 4) is 5.75 Å². The fourth-order valence-electron chi connectivity index (χ4n) is 4.49. The van der Waals surface area contributed by atoms with E-state index in [-0.39, 0.29) is 36.5 Å². The summed E-state index contributed by atoms with van der Waals surface area (Å²) in [6.45, 7) is 6.84. The maximum absolute atomic E-state index is 13.4. The van der Waals surface area contributed by atoms with Crippen LogP contribution < -0.4 is 10.1 Å². The van der Waals surface area contributed by atoms with E-state index in [1.807, 2.05) is 6.07 Å². The predicted molar refractivity (Wildman–Crippen MR) is 141 cm³/mol. The summed E-state index contributed by atoms with van der Waals surface area (Å²) < 4.78 is 16.9. The second-order valence-corrected chi connectivity index (χ2v) is 9.52. The summed E-state index contributed by atoms with van der Waals surface area (Å²) in [6.07, 6.45) is 0.813. The summed E-state index contributed by atoms with van der Waals surface area (Å²) in [5.41, 5.74) is 2.22. The van der Waals surface area contributed by atoms with Gasteiger partial charge in [-0.25, -0.2) is 0 Å². The Bertz CT molecular complexity index is 1000. The van der Waals surface area contributed by atoms with Crippen LogP contribution in [0.4, 0.5) is 5.69 Å². The molecular formula is C28H39N3O5. The lowest BCUT2D eigenvalue weighted by atomic mass is 10.0. The number of carbonyl (C=O) groups excluding carboxylic acids is 2. The molecule has 8 heteroatoms. The third kappa shape index (κ3) is 7.53. The second-order valence-electron chi connectivity index (χ2n) is 9.52. The van der Waals surface area contributed by atoms with Crippen molar-refractivity contribution in [1.29, 1.82) is 0 Å². The summed E-state index contributed by atoms with van der Waals surface area (Å²) in [5, 5.41) is 2.77. The van der Waals surface area contributed by atoms with Crippen LogP contribution in [0.25, 0.3) is 0 Å². The van der Waals surface area contributed by atoms with Crippen molar-refractivity contribution in [2.75, 3.05) is 59.4 Å². The number of hydrogen-bond donors (Lipinski definition) is 1. The number of hydrogen-bond acceptors (Lipinski definition) is 6. The average molecular weight is 498 g/mol. The molecule has 1 heterocycles. The molecule has 0 aromatic heterocycles. The van der Waals surface area contributed by atoms with Gasteiger partial charge in [0.15, 0.2) is 0 Å². The van der Waals surface area contributed by atoms with E-state index in [9.17, 15) is 9.59 Å². The van der Waals surface area contributed by atoms with Crippen LogP contribution in [0.15, 0.2) is 48.5 Å². The molecule has 0 unspecified atom stereocenters. The van der Waals surface area contributed by atoms with Crippen LogP contribution in [0.5, 0.6) is 5.75 Å². The van der Waals surface area contributed by atoms with Crippen molar-refractivity contribution in [1.82, 2.24) is 9.80 Å². The van der Waals surface area contributed by atoms with Gasteiger partial charge in [-0.15, -0.1) is 0 Å². The lowest BCUT2D eigenvalue weighted by molar-refractivity contribution is -0.119. The van der Waals surface area contributed by atoms with Gasteiger partial charge in [0.2, 0.25) is 5.91 Å². The van der Waals surface area contributed by atoms with Gasteiger partial charge in [-0.1, -0.05) is 37.3 Å². The Morgan fingerprint density at radius 2 is 1.86 bits per heavy atom. The normalized spacial score (nSPS) is 21.6. The first-order chi connectivity index (χ1) is 17.3. The van der Waals surface area contributed by atoms with E-state index in [1.165, 1.54) is 12.7 Å². The third-order valence-electron chi connectivity index (χ3n) is 6.66. The molecule has 1 aliphatic heterocycles. The van der Waals surface area contributed by atoms with E-state index in [0.29, 0.717) is 30.2 Å². The van der Waals surface area contributed by atoms with Gasteiger partial charge in [0.25, 0.3) is 5.91 Å². The molecule has 3 rings (SSSR count). The number of anilines is 1. The zero-order valence-corrected chi connectivity index (χ0v) is 22.0. The van der Waals surface area contributed by atoms with Crippen molar-refractivity contribution in [3.63, 3.8) is 0 Å². The van der Waals surface area contributed by atoms with Crippen molar-refractivity contribution in [3.05, 3.63) is 59.7 Å². The molecule has 0 saturated carbocycles. The Morgan fingerprint density at radius 3 is 2.56 bits per heavy atom. The molecule has 1 aliphatic rings. The minimum atomic E-state index is -0.289. The Balaban J connectivity index is 1.87. The van der Waals surface area contributed by atoms with Crippen molar-refractivity contribution >= 4 is 17.5 Å². The molecule has 2 aromatic rings. The average Bonchev–Trinajstić information content (AvgIpc) is 2.88. The minimum absolute atomic E-state index is 0.0643. The lowest BCUT2D eigenvalue weighted by Gasteiger charge is -2.36. The third-order valence-corrected chi connectivity index (χ3v) is 6.66. The van der Waals surface area contributed by atoms with Gasteiger partial charge in [-0.2, -0.15) is 0 Å². The molecule has 196 valence electrons. The van der Waals surface area contributed by atoms with E-state index < -0.39 is 0 Å².